The molecule has 0 saturated heterocycles. The Balaban J connectivity index is 0. The molecule has 0 amide bonds. The molecular weight excluding hydrogens is 199 g/mol. The second-order valence-corrected chi connectivity index (χ2v) is 3.15. The molecule has 1 atom stereocenters. The molecule has 12 heavy (non-hydrogen) atoms. The summed E-state index contributed by atoms with van der Waals surface area (Å²) in [4.78, 5) is 0.523. The quantitative estimate of drug-likeness (QED) is 0.499. The Morgan fingerprint density at radius 3 is 2.50 bits per heavy atom. The number of hydrogen-bond acceptors (Lipinski definition) is 1. The van der Waals surface area contributed by atoms with Crippen molar-refractivity contribution in [2.45, 2.75) is 18.2 Å². The summed E-state index contributed by atoms with van der Waals surface area (Å²) in [6.07, 6.45) is 0.794. The van der Waals surface area contributed by atoms with Gasteiger partial charge in [0.25, 0.3) is 0 Å². The molecule has 1 unspecified atom stereocenters. The maximum atomic E-state index is 10.7. The number of hydrogen-bond donors (Lipinski definition) is 1. The fraction of sp³-hybridized carbons (Fsp3) is 0.250. The van der Waals surface area contributed by atoms with Gasteiger partial charge in [-0.25, -0.2) is 4.21 Å². The third-order valence-corrected chi connectivity index (χ3v) is 2.32. The van der Waals surface area contributed by atoms with Crippen LogP contribution in [0.25, 0.3) is 0 Å². The second-order valence-electron chi connectivity index (χ2n) is 2.21. The Bertz CT molecular complexity index is 281. The van der Waals surface area contributed by atoms with Crippen molar-refractivity contribution in [2.75, 3.05) is 0 Å². The first kappa shape index (κ1) is 13.0. The van der Waals surface area contributed by atoms with E-state index in [-0.39, 0.29) is 52.8 Å². The molecule has 0 aliphatic heterocycles. The van der Waals surface area contributed by atoms with Gasteiger partial charge in [0, 0.05) is 0 Å². The van der Waals surface area contributed by atoms with Gasteiger partial charge in [-0.05, 0) is 18.1 Å². The molecule has 0 heterocycles. The average molecular weight is 210 g/mol. The van der Waals surface area contributed by atoms with Gasteiger partial charge in [-0.1, -0.05) is 25.1 Å². The number of rotatable bonds is 2. The smallest absolute Gasteiger partial charge is 1.00 e. The Hall–Kier alpha value is 0.966. The van der Waals surface area contributed by atoms with Crippen LogP contribution in [-0.4, -0.2) is 8.76 Å². The minimum atomic E-state index is -1.84. The van der Waals surface area contributed by atoms with Crippen molar-refractivity contribution in [1.29, 1.82) is 0 Å². The third-order valence-electron chi connectivity index (χ3n) is 1.54. The summed E-state index contributed by atoms with van der Waals surface area (Å²) in [7, 11) is 0. The second kappa shape index (κ2) is 6.42. The zero-order valence-corrected chi connectivity index (χ0v) is 11.2. The molecule has 1 aromatic rings. The molecule has 0 saturated carbocycles. The van der Waals surface area contributed by atoms with Crippen molar-refractivity contribution in [3.63, 3.8) is 0 Å². The first-order valence-corrected chi connectivity index (χ1v) is 4.55. The van der Waals surface area contributed by atoms with E-state index in [4.69, 9.17) is 4.55 Å². The zero-order chi connectivity index (χ0) is 8.27. The van der Waals surface area contributed by atoms with Gasteiger partial charge in [-0.15, -0.1) is 0 Å². The summed E-state index contributed by atoms with van der Waals surface area (Å²) in [6.45, 7) is 1.96. The minimum absolute atomic E-state index is 0. The summed E-state index contributed by atoms with van der Waals surface area (Å²) < 4.78 is 19.5. The van der Waals surface area contributed by atoms with E-state index in [9.17, 15) is 4.21 Å². The van der Waals surface area contributed by atoms with Gasteiger partial charge >= 0.3 is 51.4 Å². The summed E-state index contributed by atoms with van der Waals surface area (Å²) in [5.41, 5.74) is 0.938. The normalized spacial score (nSPS) is 11.8. The Morgan fingerprint density at radius 1 is 1.50 bits per heavy atom. The molecule has 0 aromatic heterocycles. The SMILES string of the molecule is CCc1ccccc1S(=O)O.[H-].[K+]. The number of aryl methyl sites for hydroxylation is 1. The van der Waals surface area contributed by atoms with E-state index in [0.29, 0.717) is 4.90 Å². The van der Waals surface area contributed by atoms with E-state index in [0.717, 1.165) is 12.0 Å². The van der Waals surface area contributed by atoms with E-state index in [1.807, 2.05) is 19.1 Å². The molecule has 0 fully saturated rings. The van der Waals surface area contributed by atoms with Crippen molar-refractivity contribution in [2.24, 2.45) is 0 Å². The van der Waals surface area contributed by atoms with Crippen LogP contribution in [0.2, 0.25) is 0 Å². The molecule has 0 aliphatic carbocycles. The van der Waals surface area contributed by atoms with Crippen LogP contribution in [0.15, 0.2) is 29.2 Å². The van der Waals surface area contributed by atoms with Gasteiger partial charge in [0.2, 0.25) is 0 Å². The molecule has 0 aliphatic rings. The van der Waals surface area contributed by atoms with Gasteiger partial charge in [0.1, 0.15) is 0 Å². The predicted octanol–water partition coefficient (Wildman–Crippen LogP) is -1.05. The van der Waals surface area contributed by atoms with Crippen molar-refractivity contribution in [3.8, 4) is 0 Å². The van der Waals surface area contributed by atoms with E-state index >= 15 is 0 Å². The van der Waals surface area contributed by atoms with Crippen LogP contribution in [0.3, 0.4) is 0 Å². The molecule has 1 aromatic carbocycles. The van der Waals surface area contributed by atoms with Crippen LogP contribution in [0.4, 0.5) is 0 Å². The van der Waals surface area contributed by atoms with Gasteiger partial charge in [-0.3, -0.25) is 0 Å². The molecule has 0 radical (unpaired) electrons. The van der Waals surface area contributed by atoms with Crippen LogP contribution in [0.5, 0.6) is 0 Å². The van der Waals surface area contributed by atoms with Crippen LogP contribution in [-0.2, 0) is 17.5 Å². The summed E-state index contributed by atoms with van der Waals surface area (Å²) in [5.74, 6) is 0. The third kappa shape index (κ3) is 3.37. The largest absolute Gasteiger partial charge is 1.00 e. The Labute approximate surface area is 119 Å². The summed E-state index contributed by atoms with van der Waals surface area (Å²) in [5, 5.41) is 0. The summed E-state index contributed by atoms with van der Waals surface area (Å²) >= 11 is -1.84. The molecule has 0 bridgehead atoms. The van der Waals surface area contributed by atoms with E-state index in [1.165, 1.54) is 0 Å². The first-order valence-electron chi connectivity index (χ1n) is 3.44. The first-order chi connectivity index (χ1) is 5.25. The molecule has 0 spiro atoms. The minimum Gasteiger partial charge on any atom is -1.00 e. The Kier molecular flexibility index (Phi) is 6.94. The monoisotopic (exact) mass is 210 g/mol. The maximum Gasteiger partial charge on any atom is 1.00 e. The van der Waals surface area contributed by atoms with Crippen molar-refractivity contribution in [1.82, 2.24) is 0 Å². The fourth-order valence-corrected chi connectivity index (χ4v) is 1.60. The van der Waals surface area contributed by atoms with E-state index in [2.05, 4.69) is 0 Å². The molecule has 4 heteroatoms. The van der Waals surface area contributed by atoms with Gasteiger partial charge < -0.3 is 5.98 Å². The van der Waals surface area contributed by atoms with Crippen LogP contribution < -0.4 is 51.4 Å². The molecule has 62 valence electrons. The van der Waals surface area contributed by atoms with E-state index in [1.54, 1.807) is 12.1 Å². The molecular formula is C8H11KO2S. The van der Waals surface area contributed by atoms with Crippen LogP contribution in [0, 0.1) is 0 Å². The zero-order valence-electron chi connectivity index (χ0n) is 8.28. The van der Waals surface area contributed by atoms with Crippen molar-refractivity contribution >= 4 is 11.1 Å². The molecule has 1 rings (SSSR count). The van der Waals surface area contributed by atoms with Crippen LogP contribution >= 0.6 is 0 Å². The van der Waals surface area contributed by atoms with Crippen molar-refractivity contribution in [3.05, 3.63) is 29.8 Å². The topological polar surface area (TPSA) is 37.3 Å². The van der Waals surface area contributed by atoms with Gasteiger partial charge in [0.15, 0.2) is 11.1 Å². The maximum absolute atomic E-state index is 10.7. The molecule has 1 N–H and O–H groups in total. The van der Waals surface area contributed by atoms with Crippen LogP contribution in [0.1, 0.15) is 13.9 Å². The number of benzene rings is 1. The van der Waals surface area contributed by atoms with Crippen molar-refractivity contribution < 1.29 is 61.6 Å². The standard InChI is InChI=1S/C8H10O2S.K.H/c1-2-7-5-3-4-6-8(7)11(9)10;;/h3-6H,2H2,1H3,(H,9,10);;/q;+1;-1. The molecule has 2 nitrogen and oxygen atoms in total. The average Bonchev–Trinajstić information content (AvgIpc) is 2.04. The predicted molar refractivity (Wildman–Crippen MR) is 46.0 cm³/mol. The van der Waals surface area contributed by atoms with Gasteiger partial charge in [0.05, 0.1) is 4.90 Å². The van der Waals surface area contributed by atoms with E-state index < -0.39 is 11.1 Å². The summed E-state index contributed by atoms with van der Waals surface area (Å²) in [6, 6.07) is 7.18. The van der Waals surface area contributed by atoms with Gasteiger partial charge in [-0.2, -0.15) is 0 Å². The Morgan fingerprint density at radius 2 is 2.08 bits per heavy atom. The fourth-order valence-electron chi connectivity index (χ4n) is 0.966.